The minimum absolute atomic E-state index is 0.0434. The number of halogens is 4. The Kier molecular flexibility index (Phi) is 5.67. The molecule has 3 aromatic rings. The summed E-state index contributed by atoms with van der Waals surface area (Å²) in [5, 5.41) is -0.377. The molecule has 0 atom stereocenters. The van der Waals surface area contributed by atoms with Gasteiger partial charge in [0.05, 0.1) is 28.3 Å². The fraction of sp³-hybridized carbons (Fsp3) is 0.250. The van der Waals surface area contributed by atoms with Crippen molar-refractivity contribution in [2.75, 3.05) is 13.7 Å². The number of nitrogens with two attached hydrogens (primary N) is 1. The molecule has 0 spiro atoms. The summed E-state index contributed by atoms with van der Waals surface area (Å²) in [5.41, 5.74) is 7.16. The first-order valence-electron chi connectivity index (χ1n) is 8.49. The van der Waals surface area contributed by atoms with E-state index in [-0.39, 0.29) is 22.6 Å². The van der Waals surface area contributed by atoms with E-state index in [4.69, 9.17) is 22.1 Å². The molecule has 2 heterocycles. The summed E-state index contributed by atoms with van der Waals surface area (Å²) in [5.74, 6) is -0.648. The topological polar surface area (TPSA) is 56.7 Å². The highest BCUT2D eigenvalue weighted by Gasteiger charge is 2.34. The summed E-state index contributed by atoms with van der Waals surface area (Å²) in [6.45, 7) is 0.378. The van der Waals surface area contributed by atoms with Crippen molar-refractivity contribution in [1.29, 1.82) is 0 Å². The molecule has 28 heavy (non-hydrogen) atoms. The van der Waals surface area contributed by atoms with Crippen LogP contribution in [0.2, 0.25) is 5.02 Å². The normalized spacial score (nSPS) is 11.9. The summed E-state index contributed by atoms with van der Waals surface area (Å²) < 4.78 is 46.6. The lowest BCUT2D eigenvalue weighted by atomic mass is 9.97. The molecule has 4 nitrogen and oxygen atoms in total. The van der Waals surface area contributed by atoms with E-state index in [2.05, 4.69) is 0 Å². The van der Waals surface area contributed by atoms with Gasteiger partial charge in [0.1, 0.15) is 0 Å². The van der Waals surface area contributed by atoms with E-state index in [0.717, 1.165) is 11.8 Å². The SMILES string of the molecule is COCCc1c(Cc2cccc(C(F)(F)F)c2Cl)c(C(N)=O)c2ccccn12. The Hall–Kier alpha value is -2.51. The molecule has 148 valence electrons. The number of alkyl halides is 3. The summed E-state index contributed by atoms with van der Waals surface area (Å²) in [6, 6.07) is 9.07. The molecule has 2 N–H and O–H groups in total. The maximum absolute atomic E-state index is 13.2. The highest BCUT2D eigenvalue weighted by Crippen LogP contribution is 2.37. The Labute approximate surface area is 164 Å². The molecule has 0 bridgehead atoms. The van der Waals surface area contributed by atoms with Crippen LogP contribution in [0.3, 0.4) is 0 Å². The van der Waals surface area contributed by atoms with E-state index >= 15 is 0 Å². The number of nitrogens with zero attached hydrogens (tertiary/aromatic N) is 1. The number of hydrogen-bond donors (Lipinski definition) is 1. The Morgan fingerprint density at radius 2 is 1.96 bits per heavy atom. The van der Waals surface area contributed by atoms with E-state index < -0.39 is 17.6 Å². The molecule has 0 radical (unpaired) electrons. The Morgan fingerprint density at radius 3 is 2.61 bits per heavy atom. The van der Waals surface area contributed by atoms with Crippen LogP contribution in [0.5, 0.6) is 0 Å². The molecule has 1 amide bonds. The van der Waals surface area contributed by atoms with Crippen molar-refractivity contribution in [3.63, 3.8) is 0 Å². The quantitative estimate of drug-likeness (QED) is 0.651. The van der Waals surface area contributed by atoms with Crippen LogP contribution < -0.4 is 5.73 Å². The van der Waals surface area contributed by atoms with E-state index in [0.29, 0.717) is 24.1 Å². The highest BCUT2D eigenvalue weighted by atomic mass is 35.5. The molecular formula is C20H18ClF3N2O2. The number of aromatic nitrogens is 1. The number of ether oxygens (including phenoxy) is 1. The first-order valence-corrected chi connectivity index (χ1v) is 8.87. The molecule has 8 heteroatoms. The summed E-state index contributed by atoms with van der Waals surface area (Å²) in [6.07, 6.45) is -2.28. The highest BCUT2D eigenvalue weighted by molar-refractivity contribution is 6.32. The molecule has 3 rings (SSSR count). The monoisotopic (exact) mass is 410 g/mol. The van der Waals surface area contributed by atoms with Crippen LogP contribution in [0.1, 0.15) is 32.7 Å². The lowest BCUT2D eigenvalue weighted by Gasteiger charge is -2.13. The number of methoxy groups -OCH3 is 1. The second-order valence-electron chi connectivity index (χ2n) is 6.32. The van der Waals surface area contributed by atoms with Crippen molar-refractivity contribution in [1.82, 2.24) is 4.40 Å². The second kappa shape index (κ2) is 7.85. The van der Waals surface area contributed by atoms with Gasteiger partial charge < -0.3 is 14.9 Å². The van der Waals surface area contributed by atoms with Gasteiger partial charge in [-0.15, -0.1) is 0 Å². The number of amides is 1. The predicted molar refractivity (Wildman–Crippen MR) is 101 cm³/mol. The predicted octanol–water partition coefficient (Wildman–Crippen LogP) is 4.49. The van der Waals surface area contributed by atoms with Crippen molar-refractivity contribution in [2.45, 2.75) is 19.0 Å². The van der Waals surface area contributed by atoms with Gasteiger partial charge in [0.25, 0.3) is 5.91 Å². The zero-order valence-corrected chi connectivity index (χ0v) is 15.8. The van der Waals surface area contributed by atoms with Gasteiger partial charge in [0, 0.05) is 31.8 Å². The molecule has 0 saturated carbocycles. The zero-order chi connectivity index (χ0) is 20.5. The molecular weight excluding hydrogens is 393 g/mol. The van der Waals surface area contributed by atoms with Gasteiger partial charge in [0.2, 0.25) is 0 Å². The first-order chi connectivity index (χ1) is 13.3. The Balaban J connectivity index is 2.20. The molecule has 0 unspecified atom stereocenters. The lowest BCUT2D eigenvalue weighted by molar-refractivity contribution is -0.137. The minimum Gasteiger partial charge on any atom is -0.384 e. The van der Waals surface area contributed by atoms with Crippen molar-refractivity contribution < 1.29 is 22.7 Å². The van der Waals surface area contributed by atoms with Gasteiger partial charge in [0.15, 0.2) is 0 Å². The number of primary amides is 1. The maximum atomic E-state index is 13.2. The van der Waals surface area contributed by atoms with Gasteiger partial charge in [-0.1, -0.05) is 29.8 Å². The molecule has 0 aliphatic heterocycles. The van der Waals surface area contributed by atoms with Crippen LogP contribution in [0.4, 0.5) is 13.2 Å². The number of carbonyl (C=O) groups excluding carboxylic acids is 1. The second-order valence-corrected chi connectivity index (χ2v) is 6.69. The lowest BCUT2D eigenvalue weighted by Crippen LogP contribution is -2.14. The number of carbonyl (C=O) groups is 1. The minimum atomic E-state index is -4.57. The molecule has 0 saturated heterocycles. The van der Waals surface area contributed by atoms with Crippen LogP contribution in [0, 0.1) is 0 Å². The van der Waals surface area contributed by atoms with Gasteiger partial charge in [-0.2, -0.15) is 13.2 Å². The average molecular weight is 411 g/mol. The molecule has 0 aliphatic rings. The summed E-state index contributed by atoms with van der Waals surface area (Å²) in [4.78, 5) is 12.2. The van der Waals surface area contributed by atoms with Gasteiger partial charge in [-0.25, -0.2) is 0 Å². The van der Waals surface area contributed by atoms with Gasteiger partial charge in [-0.05, 0) is 29.3 Å². The van der Waals surface area contributed by atoms with E-state index in [1.54, 1.807) is 31.5 Å². The van der Waals surface area contributed by atoms with Crippen LogP contribution in [-0.4, -0.2) is 24.0 Å². The number of fused-ring (bicyclic) bond motifs is 1. The largest absolute Gasteiger partial charge is 0.417 e. The third kappa shape index (κ3) is 3.72. The van der Waals surface area contributed by atoms with E-state index in [9.17, 15) is 18.0 Å². The van der Waals surface area contributed by atoms with Crippen LogP contribution in [0.25, 0.3) is 5.52 Å². The molecule has 1 aromatic carbocycles. The zero-order valence-electron chi connectivity index (χ0n) is 15.0. The van der Waals surface area contributed by atoms with Crippen molar-refractivity contribution >= 4 is 23.0 Å². The van der Waals surface area contributed by atoms with Crippen LogP contribution >= 0.6 is 11.6 Å². The number of hydrogen-bond acceptors (Lipinski definition) is 2. The standard InChI is InChI=1S/C20H18ClF3N2O2/c1-28-10-8-15-13(17(19(25)27)16-7-2-3-9-26(15)16)11-12-5-4-6-14(18(12)21)20(22,23)24/h2-7,9H,8,10-11H2,1H3,(H2,25,27). The smallest absolute Gasteiger partial charge is 0.384 e. The van der Waals surface area contributed by atoms with Crippen LogP contribution in [0.15, 0.2) is 42.6 Å². The van der Waals surface area contributed by atoms with Crippen LogP contribution in [-0.2, 0) is 23.8 Å². The fourth-order valence-electron chi connectivity index (χ4n) is 3.39. The molecule has 0 fully saturated rings. The molecule has 0 aliphatic carbocycles. The average Bonchev–Trinajstić information content (AvgIpc) is 2.94. The fourth-order valence-corrected chi connectivity index (χ4v) is 3.69. The van der Waals surface area contributed by atoms with Crippen molar-refractivity contribution in [2.24, 2.45) is 5.73 Å². The van der Waals surface area contributed by atoms with E-state index in [1.807, 2.05) is 4.40 Å². The van der Waals surface area contributed by atoms with Crippen molar-refractivity contribution in [3.05, 3.63) is 75.6 Å². The molecule has 2 aromatic heterocycles. The number of benzene rings is 1. The first kappa shape index (κ1) is 20.2. The van der Waals surface area contributed by atoms with E-state index in [1.165, 1.54) is 12.1 Å². The number of rotatable bonds is 6. The maximum Gasteiger partial charge on any atom is 0.417 e. The van der Waals surface area contributed by atoms with Gasteiger partial charge >= 0.3 is 6.18 Å². The Morgan fingerprint density at radius 1 is 1.21 bits per heavy atom. The number of pyridine rings is 1. The Bertz CT molecular complexity index is 1030. The third-order valence-electron chi connectivity index (χ3n) is 4.60. The third-order valence-corrected chi connectivity index (χ3v) is 5.04. The van der Waals surface area contributed by atoms with Gasteiger partial charge in [-0.3, -0.25) is 4.79 Å². The summed E-state index contributed by atoms with van der Waals surface area (Å²) >= 11 is 6.06. The van der Waals surface area contributed by atoms with Crippen molar-refractivity contribution in [3.8, 4) is 0 Å². The summed E-state index contributed by atoms with van der Waals surface area (Å²) in [7, 11) is 1.55.